The van der Waals surface area contributed by atoms with Gasteiger partial charge in [-0.2, -0.15) is 5.10 Å². The van der Waals surface area contributed by atoms with Gasteiger partial charge in [-0.25, -0.2) is 13.9 Å². The van der Waals surface area contributed by atoms with Crippen LogP contribution >= 0.6 is 0 Å². The van der Waals surface area contributed by atoms with Gasteiger partial charge in [-0.05, 0) is 67.5 Å². The van der Waals surface area contributed by atoms with Gasteiger partial charge in [0, 0.05) is 40.6 Å². The average Bonchev–Trinajstić information content (AvgIpc) is 3.36. The Bertz CT molecular complexity index is 1670. The summed E-state index contributed by atoms with van der Waals surface area (Å²) in [4.78, 5) is 21.1. The Labute approximate surface area is 219 Å². The zero-order chi connectivity index (χ0) is 26.2. The van der Waals surface area contributed by atoms with Gasteiger partial charge in [0.1, 0.15) is 5.82 Å². The highest BCUT2D eigenvalue weighted by Crippen LogP contribution is 2.42. The van der Waals surface area contributed by atoms with Crippen LogP contribution < -0.4 is 0 Å². The quantitative estimate of drug-likeness (QED) is 0.265. The molecule has 1 aliphatic carbocycles. The highest BCUT2D eigenvalue weighted by atomic mass is 19.1. The molecule has 1 N–H and O–H groups in total. The zero-order valence-electron chi connectivity index (χ0n) is 20.8. The lowest BCUT2D eigenvalue weighted by Crippen LogP contribution is -2.18. The third kappa shape index (κ3) is 4.34. The van der Waals surface area contributed by atoms with Crippen molar-refractivity contribution in [2.45, 2.75) is 38.0 Å². The molecule has 0 saturated heterocycles. The maximum atomic E-state index is 13.8. The van der Waals surface area contributed by atoms with Crippen molar-refractivity contribution in [1.29, 1.82) is 0 Å². The lowest BCUT2D eigenvalue weighted by Gasteiger charge is -2.29. The molecule has 0 bridgehead atoms. The van der Waals surface area contributed by atoms with E-state index in [0.29, 0.717) is 5.65 Å². The molecular weight excluding hydrogens is 479 g/mol. The van der Waals surface area contributed by atoms with E-state index in [2.05, 4.69) is 17.6 Å². The van der Waals surface area contributed by atoms with Crippen LogP contribution in [0.4, 0.5) is 4.39 Å². The fourth-order valence-electron chi connectivity index (χ4n) is 5.74. The van der Waals surface area contributed by atoms with Gasteiger partial charge in [0.15, 0.2) is 5.65 Å². The first-order valence-electron chi connectivity index (χ1n) is 12.9. The van der Waals surface area contributed by atoms with Crippen molar-refractivity contribution in [3.63, 3.8) is 0 Å². The third-order valence-corrected chi connectivity index (χ3v) is 7.64. The lowest BCUT2D eigenvalue weighted by atomic mass is 9.77. The Kier molecular flexibility index (Phi) is 6.19. The molecule has 0 amide bonds. The number of halogens is 1. The largest absolute Gasteiger partial charge is 0.481 e. The second kappa shape index (κ2) is 9.82. The van der Waals surface area contributed by atoms with E-state index in [9.17, 15) is 14.3 Å². The minimum Gasteiger partial charge on any atom is -0.481 e. The van der Waals surface area contributed by atoms with Gasteiger partial charge in [-0.1, -0.05) is 36.9 Å². The molecule has 3 aromatic heterocycles. The van der Waals surface area contributed by atoms with Gasteiger partial charge in [0.25, 0.3) is 0 Å². The molecule has 0 atom stereocenters. The third-order valence-electron chi connectivity index (χ3n) is 7.64. The lowest BCUT2D eigenvalue weighted by molar-refractivity contribution is -0.138. The molecule has 6 nitrogen and oxygen atoms in total. The molecule has 0 spiro atoms. The topological polar surface area (TPSA) is 80.4 Å². The van der Waals surface area contributed by atoms with E-state index in [1.807, 2.05) is 36.7 Å². The van der Waals surface area contributed by atoms with Crippen LogP contribution in [0.2, 0.25) is 0 Å². The predicted octanol–water partition coefficient (Wildman–Crippen LogP) is 7.14. The van der Waals surface area contributed by atoms with Crippen LogP contribution in [0.5, 0.6) is 0 Å². The summed E-state index contributed by atoms with van der Waals surface area (Å²) in [5.41, 5.74) is 6.89. The van der Waals surface area contributed by atoms with Crippen LogP contribution in [-0.2, 0) is 4.79 Å². The van der Waals surface area contributed by atoms with Crippen molar-refractivity contribution in [3.05, 3.63) is 90.8 Å². The number of para-hydroxylation sites is 1. The van der Waals surface area contributed by atoms with Gasteiger partial charge in [0.2, 0.25) is 0 Å². The van der Waals surface area contributed by atoms with Crippen LogP contribution in [0.25, 0.3) is 44.9 Å². The highest BCUT2D eigenvalue weighted by Gasteiger charge is 2.29. The van der Waals surface area contributed by atoms with E-state index in [-0.39, 0.29) is 24.1 Å². The fourth-order valence-corrected chi connectivity index (χ4v) is 5.74. The highest BCUT2D eigenvalue weighted by molar-refractivity contribution is 5.88. The number of pyridine rings is 1. The van der Waals surface area contributed by atoms with E-state index in [0.717, 1.165) is 70.2 Å². The summed E-state index contributed by atoms with van der Waals surface area (Å²) in [6.45, 7) is 4.10. The predicted molar refractivity (Wildman–Crippen MR) is 146 cm³/mol. The molecular formula is C31H27FN4O2. The molecule has 7 heteroatoms. The zero-order valence-corrected chi connectivity index (χ0v) is 20.8. The Morgan fingerprint density at radius 3 is 2.55 bits per heavy atom. The van der Waals surface area contributed by atoms with Crippen molar-refractivity contribution in [2.24, 2.45) is 5.92 Å². The van der Waals surface area contributed by atoms with Gasteiger partial charge in [0.05, 0.1) is 23.1 Å². The van der Waals surface area contributed by atoms with Crippen LogP contribution in [0.15, 0.2) is 73.6 Å². The first kappa shape index (κ1) is 24.0. The van der Waals surface area contributed by atoms with Crippen LogP contribution in [0.3, 0.4) is 0 Å². The molecule has 5 aromatic rings. The summed E-state index contributed by atoms with van der Waals surface area (Å²) < 4.78 is 15.6. The molecule has 2 aromatic carbocycles. The second-order valence-electron chi connectivity index (χ2n) is 9.99. The summed E-state index contributed by atoms with van der Waals surface area (Å²) in [5, 5.41) is 15.0. The number of fused-ring (bicyclic) bond motifs is 2. The molecule has 0 radical (unpaired) electrons. The Morgan fingerprint density at radius 2 is 1.82 bits per heavy atom. The van der Waals surface area contributed by atoms with Crippen molar-refractivity contribution >= 4 is 28.6 Å². The molecule has 6 rings (SSSR count). The van der Waals surface area contributed by atoms with Gasteiger partial charge < -0.3 is 5.11 Å². The van der Waals surface area contributed by atoms with Crippen molar-refractivity contribution in [2.75, 3.05) is 0 Å². The fraction of sp³-hybridized carbons (Fsp3) is 0.226. The SMILES string of the molecule is C=Cc1c(-c2ccc(F)cc2)c(C2CCC(CC(=O)O)CC2)nc2c(-c3cnc4ccccc4c3)cnn12. The maximum Gasteiger partial charge on any atom is 0.303 e. The number of aromatic nitrogens is 4. The van der Waals surface area contributed by atoms with Crippen molar-refractivity contribution in [1.82, 2.24) is 19.6 Å². The monoisotopic (exact) mass is 506 g/mol. The number of carboxylic acid groups (broad SMARTS) is 1. The number of hydrogen-bond donors (Lipinski definition) is 1. The number of carboxylic acids is 1. The maximum absolute atomic E-state index is 13.8. The van der Waals surface area contributed by atoms with Crippen LogP contribution in [-0.4, -0.2) is 30.7 Å². The van der Waals surface area contributed by atoms with Gasteiger partial charge in [-0.15, -0.1) is 0 Å². The summed E-state index contributed by atoms with van der Waals surface area (Å²) in [6.07, 6.45) is 8.97. The van der Waals surface area contributed by atoms with Crippen LogP contribution in [0.1, 0.15) is 49.4 Å². The van der Waals surface area contributed by atoms with Crippen LogP contribution in [0, 0.1) is 11.7 Å². The summed E-state index contributed by atoms with van der Waals surface area (Å²) in [5.74, 6) is -0.734. The van der Waals surface area contributed by atoms with E-state index in [4.69, 9.17) is 10.1 Å². The van der Waals surface area contributed by atoms with E-state index in [1.54, 1.807) is 22.7 Å². The summed E-state index contributed by atoms with van der Waals surface area (Å²) >= 11 is 0. The molecule has 190 valence electrons. The van der Waals surface area contributed by atoms with Crippen molar-refractivity contribution in [3.8, 4) is 22.3 Å². The summed E-state index contributed by atoms with van der Waals surface area (Å²) in [7, 11) is 0. The molecule has 38 heavy (non-hydrogen) atoms. The molecule has 1 aliphatic rings. The number of rotatable bonds is 6. The van der Waals surface area contributed by atoms with Gasteiger partial charge in [-0.3, -0.25) is 9.78 Å². The number of benzene rings is 2. The molecule has 0 unspecified atom stereocenters. The summed E-state index contributed by atoms with van der Waals surface area (Å²) in [6, 6.07) is 16.5. The Morgan fingerprint density at radius 1 is 1.05 bits per heavy atom. The van der Waals surface area contributed by atoms with Crippen molar-refractivity contribution < 1.29 is 14.3 Å². The number of hydrogen-bond acceptors (Lipinski definition) is 4. The van der Waals surface area contributed by atoms with E-state index in [1.165, 1.54) is 12.1 Å². The first-order valence-corrected chi connectivity index (χ1v) is 12.9. The normalized spacial score (nSPS) is 17.6. The van der Waals surface area contributed by atoms with E-state index >= 15 is 0 Å². The molecule has 0 aliphatic heterocycles. The Hall–Kier alpha value is -4.39. The number of aliphatic carboxylic acids is 1. The first-order chi connectivity index (χ1) is 18.5. The minimum absolute atomic E-state index is 0.140. The smallest absolute Gasteiger partial charge is 0.303 e. The minimum atomic E-state index is -0.748. The number of carbonyl (C=O) groups is 1. The molecule has 1 saturated carbocycles. The van der Waals surface area contributed by atoms with E-state index < -0.39 is 5.97 Å². The second-order valence-corrected chi connectivity index (χ2v) is 9.99. The number of nitrogens with zero attached hydrogens (tertiary/aromatic N) is 4. The van der Waals surface area contributed by atoms with Gasteiger partial charge >= 0.3 is 5.97 Å². The Balaban J connectivity index is 1.52. The average molecular weight is 507 g/mol. The molecule has 1 fully saturated rings. The standard InChI is InChI=1S/C31H27FN4O2/c1-2-27-29(20-11-13-24(32)14-12-20)30(21-9-7-19(8-10-21)15-28(37)38)35-31-25(18-34-36(27)31)23-16-22-5-3-4-6-26(22)33-17-23/h2-6,11-14,16-19,21H,1,7-10,15H2,(H,37,38). The molecule has 3 heterocycles.